The summed E-state index contributed by atoms with van der Waals surface area (Å²) in [5, 5.41) is 8.66. The van der Waals surface area contributed by atoms with Crippen molar-refractivity contribution < 1.29 is 0 Å². The van der Waals surface area contributed by atoms with E-state index in [4.69, 9.17) is 5.26 Å². The topological polar surface area (TPSA) is 27.0 Å². The fourth-order valence-corrected chi connectivity index (χ4v) is 1.27. The highest BCUT2D eigenvalue weighted by Crippen LogP contribution is 2.15. The number of rotatable bonds is 3. The van der Waals surface area contributed by atoms with E-state index in [0.29, 0.717) is 12.6 Å². The van der Waals surface area contributed by atoms with Gasteiger partial charge in [-0.1, -0.05) is 18.2 Å². The minimum absolute atomic E-state index is 0.363. The van der Waals surface area contributed by atoms with E-state index >= 15 is 0 Å². The number of nitrogens with zero attached hydrogens (tertiary/aromatic N) is 2. The summed E-state index contributed by atoms with van der Waals surface area (Å²) < 4.78 is 0. The highest BCUT2D eigenvalue weighted by Gasteiger charge is 2.08. The lowest BCUT2D eigenvalue weighted by atomic mass is 10.2. The van der Waals surface area contributed by atoms with Gasteiger partial charge in [0.1, 0.15) is 6.54 Å². The predicted molar refractivity (Wildman–Crippen MR) is 54.5 cm³/mol. The lowest BCUT2D eigenvalue weighted by Crippen LogP contribution is -2.30. The summed E-state index contributed by atoms with van der Waals surface area (Å²) in [6.45, 7) is 4.62. The van der Waals surface area contributed by atoms with Crippen LogP contribution in [-0.4, -0.2) is 12.6 Å². The molecule has 0 N–H and O–H groups in total. The van der Waals surface area contributed by atoms with Crippen molar-refractivity contribution >= 4 is 5.69 Å². The normalized spacial score (nSPS) is 9.69. The molecule has 0 radical (unpaired) electrons. The van der Waals surface area contributed by atoms with Gasteiger partial charge in [-0.25, -0.2) is 0 Å². The second-order valence-corrected chi connectivity index (χ2v) is 3.22. The third kappa shape index (κ3) is 2.48. The Morgan fingerprint density at radius 1 is 1.31 bits per heavy atom. The Hall–Kier alpha value is -1.49. The number of hydrogen-bond acceptors (Lipinski definition) is 2. The number of anilines is 1. The van der Waals surface area contributed by atoms with Crippen molar-refractivity contribution in [2.45, 2.75) is 19.9 Å². The molecule has 1 aromatic rings. The summed E-state index contributed by atoms with van der Waals surface area (Å²) in [5.41, 5.74) is 1.11. The molecule has 0 aromatic heterocycles. The van der Waals surface area contributed by atoms with Crippen LogP contribution >= 0.6 is 0 Å². The van der Waals surface area contributed by atoms with Gasteiger partial charge in [0.05, 0.1) is 6.07 Å². The summed E-state index contributed by atoms with van der Waals surface area (Å²) >= 11 is 0. The van der Waals surface area contributed by atoms with E-state index in [1.165, 1.54) is 0 Å². The standard InChI is InChI=1S/C11H14N2/c1-10(2)13(9-8-12)11-6-4-3-5-7-11/h3-7,10H,9H2,1-2H3. The summed E-state index contributed by atoms with van der Waals surface area (Å²) in [7, 11) is 0. The van der Waals surface area contributed by atoms with Gasteiger partial charge in [-0.05, 0) is 26.0 Å². The number of hydrogen-bond donors (Lipinski definition) is 0. The van der Waals surface area contributed by atoms with Crippen molar-refractivity contribution in [3.05, 3.63) is 30.3 Å². The highest BCUT2D eigenvalue weighted by molar-refractivity contribution is 5.47. The van der Waals surface area contributed by atoms with Gasteiger partial charge in [0.15, 0.2) is 0 Å². The van der Waals surface area contributed by atoms with Crippen LogP contribution in [0.5, 0.6) is 0 Å². The molecule has 2 nitrogen and oxygen atoms in total. The number of nitriles is 1. The highest BCUT2D eigenvalue weighted by atomic mass is 15.1. The zero-order valence-corrected chi connectivity index (χ0v) is 8.07. The van der Waals surface area contributed by atoms with Gasteiger partial charge in [-0.15, -0.1) is 0 Å². The largest absolute Gasteiger partial charge is 0.356 e. The molecule has 0 atom stereocenters. The molecular weight excluding hydrogens is 160 g/mol. The van der Waals surface area contributed by atoms with Crippen molar-refractivity contribution in [1.82, 2.24) is 0 Å². The minimum Gasteiger partial charge on any atom is -0.356 e. The monoisotopic (exact) mass is 174 g/mol. The van der Waals surface area contributed by atoms with Crippen LogP contribution in [0.2, 0.25) is 0 Å². The number of benzene rings is 1. The number of para-hydroxylation sites is 1. The van der Waals surface area contributed by atoms with Gasteiger partial charge < -0.3 is 4.90 Å². The van der Waals surface area contributed by atoms with E-state index in [9.17, 15) is 0 Å². The Morgan fingerprint density at radius 3 is 2.38 bits per heavy atom. The lowest BCUT2D eigenvalue weighted by Gasteiger charge is -2.25. The fourth-order valence-electron chi connectivity index (χ4n) is 1.27. The lowest BCUT2D eigenvalue weighted by molar-refractivity contribution is 0.726. The first-order chi connectivity index (χ1) is 6.25. The van der Waals surface area contributed by atoms with Crippen molar-refractivity contribution in [3.63, 3.8) is 0 Å². The molecular formula is C11H14N2. The van der Waals surface area contributed by atoms with Crippen LogP contribution in [0.3, 0.4) is 0 Å². The molecule has 0 saturated carbocycles. The van der Waals surface area contributed by atoms with Crippen LogP contribution in [0.4, 0.5) is 5.69 Å². The molecule has 0 bridgehead atoms. The molecule has 0 unspecified atom stereocenters. The van der Waals surface area contributed by atoms with Crippen molar-refractivity contribution in [2.24, 2.45) is 0 Å². The maximum Gasteiger partial charge on any atom is 0.106 e. The molecule has 0 spiro atoms. The second-order valence-electron chi connectivity index (χ2n) is 3.22. The summed E-state index contributed by atoms with van der Waals surface area (Å²) in [6.07, 6.45) is 0. The van der Waals surface area contributed by atoms with Gasteiger partial charge in [0.2, 0.25) is 0 Å². The molecule has 0 aliphatic rings. The molecule has 68 valence electrons. The minimum atomic E-state index is 0.363. The maximum atomic E-state index is 8.66. The smallest absolute Gasteiger partial charge is 0.106 e. The van der Waals surface area contributed by atoms with Crippen LogP contribution < -0.4 is 4.90 Å². The third-order valence-electron chi connectivity index (χ3n) is 1.95. The van der Waals surface area contributed by atoms with Crippen molar-refractivity contribution in [3.8, 4) is 6.07 Å². The van der Waals surface area contributed by atoms with Gasteiger partial charge in [0.25, 0.3) is 0 Å². The van der Waals surface area contributed by atoms with E-state index in [1.807, 2.05) is 30.3 Å². The van der Waals surface area contributed by atoms with Gasteiger partial charge in [-0.3, -0.25) is 0 Å². The first-order valence-corrected chi connectivity index (χ1v) is 4.44. The fraction of sp³-hybridized carbons (Fsp3) is 0.364. The maximum absolute atomic E-state index is 8.66. The van der Waals surface area contributed by atoms with Crippen LogP contribution in [0, 0.1) is 11.3 Å². The Labute approximate surface area is 79.4 Å². The average molecular weight is 174 g/mol. The summed E-state index contributed by atoms with van der Waals surface area (Å²) in [6, 6.07) is 12.5. The van der Waals surface area contributed by atoms with E-state index in [0.717, 1.165) is 5.69 Å². The summed E-state index contributed by atoms with van der Waals surface area (Å²) in [5.74, 6) is 0. The quantitative estimate of drug-likeness (QED) is 0.658. The zero-order chi connectivity index (χ0) is 9.68. The Balaban J connectivity index is 2.84. The Kier molecular flexibility index (Phi) is 3.33. The SMILES string of the molecule is CC(C)N(CC#N)c1ccccc1. The molecule has 2 heteroatoms. The van der Waals surface area contributed by atoms with E-state index in [2.05, 4.69) is 24.8 Å². The molecule has 0 fully saturated rings. The average Bonchev–Trinajstić information content (AvgIpc) is 2.15. The van der Waals surface area contributed by atoms with Crippen LogP contribution in [0.1, 0.15) is 13.8 Å². The van der Waals surface area contributed by atoms with Gasteiger partial charge >= 0.3 is 0 Å². The first kappa shape index (κ1) is 9.60. The molecule has 0 aliphatic heterocycles. The molecule has 1 aromatic carbocycles. The third-order valence-corrected chi connectivity index (χ3v) is 1.95. The van der Waals surface area contributed by atoms with Crippen LogP contribution in [-0.2, 0) is 0 Å². The zero-order valence-electron chi connectivity index (χ0n) is 8.07. The molecule has 0 amide bonds. The van der Waals surface area contributed by atoms with Gasteiger partial charge in [-0.2, -0.15) is 5.26 Å². The molecule has 0 heterocycles. The summed E-state index contributed by atoms with van der Waals surface area (Å²) in [4.78, 5) is 2.07. The Bertz CT molecular complexity index is 285. The van der Waals surface area contributed by atoms with Crippen LogP contribution in [0.25, 0.3) is 0 Å². The van der Waals surface area contributed by atoms with Crippen LogP contribution in [0.15, 0.2) is 30.3 Å². The Morgan fingerprint density at radius 2 is 1.92 bits per heavy atom. The molecule has 13 heavy (non-hydrogen) atoms. The van der Waals surface area contributed by atoms with Crippen molar-refractivity contribution in [2.75, 3.05) is 11.4 Å². The predicted octanol–water partition coefficient (Wildman–Crippen LogP) is 2.42. The molecule has 0 saturated heterocycles. The van der Waals surface area contributed by atoms with E-state index in [1.54, 1.807) is 0 Å². The molecule has 0 aliphatic carbocycles. The second kappa shape index (κ2) is 4.51. The van der Waals surface area contributed by atoms with E-state index in [-0.39, 0.29) is 0 Å². The first-order valence-electron chi connectivity index (χ1n) is 4.44. The van der Waals surface area contributed by atoms with Gasteiger partial charge in [0, 0.05) is 11.7 Å². The van der Waals surface area contributed by atoms with E-state index < -0.39 is 0 Å². The molecule has 1 rings (SSSR count). The van der Waals surface area contributed by atoms with Crippen molar-refractivity contribution in [1.29, 1.82) is 5.26 Å².